The lowest BCUT2D eigenvalue weighted by Gasteiger charge is -2.22. The molecule has 0 aliphatic carbocycles. The van der Waals surface area contributed by atoms with E-state index in [1.807, 2.05) is 12.1 Å². The molecule has 1 aliphatic heterocycles. The molecule has 3 aromatic carbocycles. The number of aromatic amines is 1. The number of carbonyl (C=O) groups is 1. The minimum absolute atomic E-state index is 0.106. The Morgan fingerprint density at radius 3 is 2.73 bits per heavy atom. The van der Waals surface area contributed by atoms with Crippen molar-refractivity contribution in [2.45, 2.75) is 12.5 Å². The van der Waals surface area contributed by atoms with Crippen molar-refractivity contribution in [2.75, 3.05) is 44.6 Å². The fourth-order valence-electron chi connectivity index (χ4n) is 4.67. The maximum Gasteiger partial charge on any atom is 0.191 e. The minimum Gasteiger partial charge on any atom is -0.497 e. The number of H-pyrrole nitrogens is 1. The monoisotopic (exact) mass is 505 g/mol. The van der Waals surface area contributed by atoms with Gasteiger partial charge in [0.05, 0.1) is 20.8 Å². The van der Waals surface area contributed by atoms with Crippen LogP contribution < -0.4 is 24.8 Å². The molecule has 0 saturated heterocycles. The number of anilines is 2. The third-order valence-corrected chi connectivity index (χ3v) is 6.44. The van der Waals surface area contributed by atoms with Gasteiger partial charge in [-0.05, 0) is 36.2 Å². The van der Waals surface area contributed by atoms with Crippen LogP contribution in [-0.4, -0.2) is 49.9 Å². The van der Waals surface area contributed by atoms with E-state index in [-0.39, 0.29) is 24.7 Å². The first-order valence-corrected chi connectivity index (χ1v) is 12.0. The topological polar surface area (TPSA) is 105 Å². The Kier molecular flexibility index (Phi) is 6.87. The largest absolute Gasteiger partial charge is 0.497 e. The third-order valence-electron chi connectivity index (χ3n) is 6.44. The van der Waals surface area contributed by atoms with Gasteiger partial charge in [-0.3, -0.25) is 4.79 Å². The van der Waals surface area contributed by atoms with Crippen LogP contribution in [0.15, 0.2) is 54.7 Å². The summed E-state index contributed by atoms with van der Waals surface area (Å²) in [7, 11) is 2.97. The van der Waals surface area contributed by atoms with E-state index < -0.39 is 11.9 Å². The van der Waals surface area contributed by atoms with Crippen molar-refractivity contribution in [3.63, 3.8) is 0 Å². The number of ketones is 1. The standard InChI is InChI=1S/C28H28FN3O5/c1-35-19-11-18(12-20(13-19)37-8-7-33)32-27(21-4-3-17(29)10-26(21)36-2)28(34)23-15-31-25-14-24-16(5-6-30-24)9-22(23)25/h3-4,9-15,27,30-33H,5-8H2,1-2H3. The highest BCUT2D eigenvalue weighted by Gasteiger charge is 2.28. The van der Waals surface area contributed by atoms with Crippen molar-refractivity contribution in [3.8, 4) is 17.2 Å². The summed E-state index contributed by atoms with van der Waals surface area (Å²) in [4.78, 5) is 17.4. The number of hydrogen-bond donors (Lipinski definition) is 4. The lowest BCUT2D eigenvalue weighted by atomic mass is 9.95. The number of rotatable bonds is 10. The fourth-order valence-corrected chi connectivity index (χ4v) is 4.67. The molecule has 192 valence electrons. The van der Waals surface area contributed by atoms with E-state index in [9.17, 15) is 9.18 Å². The lowest BCUT2D eigenvalue weighted by molar-refractivity contribution is 0.0970. The van der Waals surface area contributed by atoms with Gasteiger partial charge in [-0.1, -0.05) is 0 Å². The Bertz CT molecular complexity index is 1450. The zero-order chi connectivity index (χ0) is 25.9. The highest BCUT2D eigenvalue weighted by molar-refractivity contribution is 6.12. The molecule has 4 aromatic rings. The van der Waals surface area contributed by atoms with Gasteiger partial charge in [-0.25, -0.2) is 4.39 Å². The molecule has 0 amide bonds. The molecule has 1 unspecified atom stereocenters. The molecule has 0 bridgehead atoms. The van der Waals surface area contributed by atoms with Crippen LogP contribution in [0.25, 0.3) is 10.9 Å². The van der Waals surface area contributed by atoms with Crippen LogP contribution in [0.1, 0.15) is 27.5 Å². The average molecular weight is 506 g/mol. The number of fused-ring (bicyclic) bond motifs is 2. The normalized spacial score (nSPS) is 13.1. The summed E-state index contributed by atoms with van der Waals surface area (Å²) < 4.78 is 30.5. The van der Waals surface area contributed by atoms with Gasteiger partial charge in [0, 0.05) is 70.4 Å². The number of ether oxygens (including phenoxy) is 3. The number of methoxy groups -OCH3 is 2. The highest BCUT2D eigenvalue weighted by Crippen LogP contribution is 2.36. The number of benzene rings is 3. The zero-order valence-electron chi connectivity index (χ0n) is 20.6. The van der Waals surface area contributed by atoms with E-state index in [2.05, 4.69) is 15.6 Å². The van der Waals surface area contributed by atoms with E-state index in [0.29, 0.717) is 28.3 Å². The average Bonchev–Trinajstić information content (AvgIpc) is 3.55. The summed E-state index contributed by atoms with van der Waals surface area (Å²) in [6.45, 7) is 0.821. The van der Waals surface area contributed by atoms with Gasteiger partial charge in [0.1, 0.15) is 35.7 Å². The molecule has 0 saturated carbocycles. The molecule has 1 atom stereocenters. The van der Waals surface area contributed by atoms with E-state index in [1.165, 1.54) is 26.4 Å². The van der Waals surface area contributed by atoms with Crippen LogP contribution in [0.4, 0.5) is 15.8 Å². The summed E-state index contributed by atoms with van der Waals surface area (Å²) in [6, 6.07) is 12.4. The van der Waals surface area contributed by atoms with Crippen molar-refractivity contribution in [3.05, 3.63) is 77.2 Å². The van der Waals surface area contributed by atoms with Crippen molar-refractivity contribution >= 4 is 28.1 Å². The smallest absolute Gasteiger partial charge is 0.191 e. The molecule has 2 heterocycles. The van der Waals surface area contributed by atoms with Crippen molar-refractivity contribution in [1.29, 1.82) is 0 Å². The van der Waals surface area contributed by atoms with Gasteiger partial charge in [0.15, 0.2) is 5.78 Å². The molecular weight excluding hydrogens is 477 g/mol. The Labute approximate surface area is 213 Å². The first-order valence-electron chi connectivity index (χ1n) is 12.0. The molecule has 1 aromatic heterocycles. The van der Waals surface area contributed by atoms with Gasteiger partial charge < -0.3 is 34.9 Å². The summed E-state index contributed by atoms with van der Waals surface area (Å²) in [6.07, 6.45) is 2.59. The van der Waals surface area contributed by atoms with Crippen LogP contribution in [0, 0.1) is 5.82 Å². The predicted molar refractivity (Wildman–Crippen MR) is 140 cm³/mol. The summed E-state index contributed by atoms with van der Waals surface area (Å²) in [5, 5.41) is 16.6. The molecule has 5 rings (SSSR count). The van der Waals surface area contributed by atoms with Crippen molar-refractivity contribution in [1.82, 2.24) is 4.98 Å². The Morgan fingerprint density at radius 1 is 1.11 bits per heavy atom. The molecule has 1 aliphatic rings. The van der Waals surface area contributed by atoms with Crippen LogP contribution in [0.2, 0.25) is 0 Å². The fraction of sp³-hybridized carbons (Fsp3) is 0.250. The number of aromatic nitrogens is 1. The molecule has 0 radical (unpaired) electrons. The van der Waals surface area contributed by atoms with Gasteiger partial charge in [-0.15, -0.1) is 0 Å². The van der Waals surface area contributed by atoms with Gasteiger partial charge in [0.2, 0.25) is 0 Å². The predicted octanol–water partition coefficient (Wildman–Crippen LogP) is 4.70. The van der Waals surface area contributed by atoms with Crippen LogP contribution >= 0.6 is 0 Å². The van der Waals surface area contributed by atoms with E-state index >= 15 is 0 Å². The second-order valence-electron chi connectivity index (χ2n) is 8.73. The number of aliphatic hydroxyl groups is 1. The Hall–Kier alpha value is -4.24. The second-order valence-corrected chi connectivity index (χ2v) is 8.73. The Morgan fingerprint density at radius 2 is 1.95 bits per heavy atom. The maximum absolute atomic E-state index is 14.1. The van der Waals surface area contributed by atoms with Gasteiger partial charge >= 0.3 is 0 Å². The van der Waals surface area contributed by atoms with E-state index in [0.717, 1.165) is 35.1 Å². The number of halogens is 1. The number of aliphatic hydroxyl groups excluding tert-OH is 1. The van der Waals surface area contributed by atoms with Gasteiger partial charge in [-0.2, -0.15) is 0 Å². The SMILES string of the molecule is COc1cc(NC(C(=O)c2c[nH]c3cc4c(cc23)CCN4)c2ccc(F)cc2OC)cc(OCCO)c1. The third kappa shape index (κ3) is 4.90. The first-order chi connectivity index (χ1) is 18.0. The molecule has 0 fully saturated rings. The van der Waals surface area contributed by atoms with Crippen LogP contribution in [0.3, 0.4) is 0 Å². The number of hydrogen-bond acceptors (Lipinski definition) is 7. The lowest BCUT2D eigenvalue weighted by Crippen LogP contribution is -2.22. The van der Waals surface area contributed by atoms with Crippen molar-refractivity contribution in [2.24, 2.45) is 0 Å². The molecular formula is C28H28FN3O5. The number of nitrogens with one attached hydrogen (secondary N) is 3. The molecule has 8 nitrogen and oxygen atoms in total. The summed E-state index contributed by atoms with van der Waals surface area (Å²) in [5.41, 5.74) is 4.60. The second kappa shape index (κ2) is 10.4. The number of carbonyl (C=O) groups excluding carboxylic acids is 1. The molecule has 0 spiro atoms. The molecule has 37 heavy (non-hydrogen) atoms. The van der Waals surface area contributed by atoms with Crippen LogP contribution in [0.5, 0.6) is 17.2 Å². The van der Waals surface area contributed by atoms with E-state index in [4.69, 9.17) is 19.3 Å². The Balaban J connectivity index is 1.59. The van der Waals surface area contributed by atoms with E-state index in [1.54, 1.807) is 30.5 Å². The summed E-state index contributed by atoms with van der Waals surface area (Å²) >= 11 is 0. The molecule has 9 heteroatoms. The maximum atomic E-state index is 14.1. The quantitative estimate of drug-likeness (QED) is 0.232. The highest BCUT2D eigenvalue weighted by atomic mass is 19.1. The summed E-state index contributed by atoms with van der Waals surface area (Å²) in [5.74, 6) is 0.523. The zero-order valence-corrected chi connectivity index (χ0v) is 20.6. The first kappa shape index (κ1) is 24.5. The van der Waals surface area contributed by atoms with Gasteiger partial charge in [0.25, 0.3) is 0 Å². The number of Topliss-reactive ketones (excluding diaryl/α,β-unsaturated/α-hetero) is 1. The molecule has 4 N–H and O–H groups in total. The minimum atomic E-state index is -0.918. The van der Waals surface area contributed by atoms with Crippen molar-refractivity contribution < 1.29 is 28.5 Å². The van der Waals surface area contributed by atoms with Crippen LogP contribution in [-0.2, 0) is 6.42 Å².